The Morgan fingerprint density at radius 2 is 2.29 bits per heavy atom. The summed E-state index contributed by atoms with van der Waals surface area (Å²) >= 11 is 0. The van der Waals surface area contributed by atoms with Crippen molar-refractivity contribution in [1.82, 2.24) is 4.98 Å². The van der Waals surface area contributed by atoms with Crippen molar-refractivity contribution in [1.29, 1.82) is 0 Å². The van der Waals surface area contributed by atoms with Gasteiger partial charge in [0.05, 0.1) is 25.1 Å². The zero-order chi connectivity index (χ0) is 12.3. The molecule has 0 amide bonds. The van der Waals surface area contributed by atoms with Crippen LogP contribution in [0.3, 0.4) is 0 Å². The number of furan rings is 1. The van der Waals surface area contributed by atoms with E-state index in [1.807, 2.05) is 26.0 Å². The third kappa shape index (κ3) is 2.47. The largest absolute Gasteiger partial charge is 0.492 e. The van der Waals surface area contributed by atoms with E-state index in [-0.39, 0.29) is 6.04 Å². The molecule has 0 aromatic carbocycles. The predicted octanol–water partition coefficient (Wildman–Crippen LogP) is 2.43. The summed E-state index contributed by atoms with van der Waals surface area (Å²) < 4.78 is 10.7. The van der Waals surface area contributed by atoms with Gasteiger partial charge in [0, 0.05) is 11.8 Å². The molecule has 0 radical (unpaired) electrons. The molecule has 2 rings (SSSR count). The maximum absolute atomic E-state index is 6.17. The van der Waals surface area contributed by atoms with Crippen LogP contribution in [-0.4, -0.2) is 11.6 Å². The van der Waals surface area contributed by atoms with E-state index in [2.05, 4.69) is 4.98 Å². The van der Waals surface area contributed by atoms with Crippen LogP contribution in [0.15, 0.2) is 35.2 Å². The quantitative estimate of drug-likeness (QED) is 0.879. The number of nitrogens with zero attached hydrogens (tertiary/aromatic N) is 1. The fraction of sp³-hybridized carbons (Fsp3) is 0.308. The molecule has 4 heteroatoms. The van der Waals surface area contributed by atoms with Crippen molar-refractivity contribution in [3.8, 4) is 5.75 Å². The first-order valence-corrected chi connectivity index (χ1v) is 5.59. The fourth-order valence-electron chi connectivity index (χ4n) is 1.75. The van der Waals surface area contributed by atoms with Crippen molar-refractivity contribution in [3.63, 3.8) is 0 Å². The first-order chi connectivity index (χ1) is 8.22. The van der Waals surface area contributed by atoms with E-state index in [1.54, 1.807) is 18.7 Å². The average Bonchev–Trinajstić information content (AvgIpc) is 2.75. The molecule has 1 atom stereocenters. The summed E-state index contributed by atoms with van der Waals surface area (Å²) in [6.07, 6.45) is 5.08. The molecule has 0 aliphatic carbocycles. The van der Waals surface area contributed by atoms with Gasteiger partial charge in [-0.1, -0.05) is 0 Å². The summed E-state index contributed by atoms with van der Waals surface area (Å²) in [5, 5.41) is 0. The van der Waals surface area contributed by atoms with Crippen LogP contribution in [0.1, 0.15) is 29.9 Å². The monoisotopic (exact) mass is 232 g/mol. The molecule has 17 heavy (non-hydrogen) atoms. The van der Waals surface area contributed by atoms with Crippen LogP contribution >= 0.6 is 0 Å². The predicted molar refractivity (Wildman–Crippen MR) is 64.9 cm³/mol. The van der Waals surface area contributed by atoms with Crippen LogP contribution < -0.4 is 10.5 Å². The zero-order valence-electron chi connectivity index (χ0n) is 10.0. The van der Waals surface area contributed by atoms with Gasteiger partial charge in [-0.05, 0) is 31.5 Å². The summed E-state index contributed by atoms with van der Waals surface area (Å²) in [6, 6.07) is 3.56. The van der Waals surface area contributed by atoms with Crippen LogP contribution in [0.5, 0.6) is 5.75 Å². The Labute approximate surface area is 100 Å². The lowest BCUT2D eigenvalue weighted by Crippen LogP contribution is -2.12. The van der Waals surface area contributed by atoms with E-state index in [4.69, 9.17) is 14.9 Å². The van der Waals surface area contributed by atoms with Crippen molar-refractivity contribution in [2.24, 2.45) is 5.73 Å². The number of hydrogen-bond donors (Lipinski definition) is 1. The van der Waals surface area contributed by atoms with Crippen molar-refractivity contribution in [3.05, 3.63) is 47.7 Å². The van der Waals surface area contributed by atoms with Gasteiger partial charge in [0.1, 0.15) is 11.5 Å². The maximum atomic E-state index is 6.17. The van der Waals surface area contributed by atoms with Crippen LogP contribution in [0.4, 0.5) is 0 Å². The highest BCUT2D eigenvalue weighted by molar-refractivity contribution is 5.34. The van der Waals surface area contributed by atoms with E-state index >= 15 is 0 Å². The lowest BCUT2D eigenvalue weighted by atomic mass is 10.0. The van der Waals surface area contributed by atoms with E-state index in [9.17, 15) is 0 Å². The molecule has 0 saturated carbocycles. The van der Waals surface area contributed by atoms with Crippen LogP contribution in [0.25, 0.3) is 0 Å². The molecular weight excluding hydrogens is 216 g/mol. The van der Waals surface area contributed by atoms with Gasteiger partial charge in [0.25, 0.3) is 0 Å². The zero-order valence-corrected chi connectivity index (χ0v) is 10.0. The van der Waals surface area contributed by atoms with Gasteiger partial charge in [-0.2, -0.15) is 0 Å². The van der Waals surface area contributed by atoms with Crippen molar-refractivity contribution in [2.45, 2.75) is 19.9 Å². The van der Waals surface area contributed by atoms with Gasteiger partial charge in [0.15, 0.2) is 0 Å². The number of ether oxygens (including phenoxy) is 1. The van der Waals surface area contributed by atoms with Gasteiger partial charge in [0.2, 0.25) is 0 Å². The fourth-order valence-corrected chi connectivity index (χ4v) is 1.75. The number of aryl methyl sites for hydroxylation is 1. The van der Waals surface area contributed by atoms with E-state index < -0.39 is 0 Å². The van der Waals surface area contributed by atoms with E-state index in [1.165, 1.54) is 0 Å². The Kier molecular flexibility index (Phi) is 3.44. The topological polar surface area (TPSA) is 61.3 Å². The number of hydrogen-bond acceptors (Lipinski definition) is 4. The Morgan fingerprint density at radius 3 is 2.94 bits per heavy atom. The molecule has 0 spiro atoms. The van der Waals surface area contributed by atoms with Crippen LogP contribution in [0, 0.1) is 6.92 Å². The summed E-state index contributed by atoms with van der Waals surface area (Å²) in [5.41, 5.74) is 8.06. The Balaban J connectivity index is 2.28. The first kappa shape index (κ1) is 11.7. The van der Waals surface area contributed by atoms with Crippen molar-refractivity contribution < 1.29 is 9.15 Å². The van der Waals surface area contributed by atoms with Crippen LogP contribution in [-0.2, 0) is 0 Å². The Morgan fingerprint density at radius 1 is 1.47 bits per heavy atom. The molecule has 0 saturated heterocycles. The number of rotatable bonds is 4. The van der Waals surface area contributed by atoms with Crippen molar-refractivity contribution >= 4 is 0 Å². The maximum Gasteiger partial charge on any atom is 0.137 e. The van der Waals surface area contributed by atoms with Gasteiger partial charge in [-0.25, -0.2) is 0 Å². The first-order valence-electron chi connectivity index (χ1n) is 5.59. The third-order valence-corrected chi connectivity index (χ3v) is 2.64. The Hall–Kier alpha value is -1.81. The second-order valence-electron chi connectivity index (χ2n) is 3.80. The minimum atomic E-state index is -0.235. The molecule has 0 aliphatic rings. The molecule has 0 fully saturated rings. The van der Waals surface area contributed by atoms with Crippen molar-refractivity contribution in [2.75, 3.05) is 6.61 Å². The SMILES string of the molecule is CCOc1cncc(C(N)c2ccoc2C)c1. The number of pyridine rings is 1. The molecule has 4 nitrogen and oxygen atoms in total. The second kappa shape index (κ2) is 5.01. The molecule has 0 bridgehead atoms. The molecule has 2 aromatic rings. The van der Waals surface area contributed by atoms with Gasteiger partial charge >= 0.3 is 0 Å². The summed E-state index contributed by atoms with van der Waals surface area (Å²) in [4.78, 5) is 4.13. The summed E-state index contributed by atoms with van der Waals surface area (Å²) in [5.74, 6) is 1.57. The lowest BCUT2D eigenvalue weighted by molar-refractivity contribution is 0.338. The van der Waals surface area contributed by atoms with Crippen LogP contribution in [0.2, 0.25) is 0 Å². The molecule has 2 N–H and O–H groups in total. The van der Waals surface area contributed by atoms with E-state index in [0.29, 0.717) is 6.61 Å². The molecule has 2 heterocycles. The minimum absolute atomic E-state index is 0.235. The highest BCUT2D eigenvalue weighted by atomic mass is 16.5. The summed E-state index contributed by atoms with van der Waals surface area (Å²) in [6.45, 7) is 4.45. The Bertz CT molecular complexity index is 494. The standard InChI is InChI=1S/C13H16N2O2/c1-3-16-11-6-10(7-15-8-11)13(14)12-4-5-17-9(12)2/h4-8,13H,3,14H2,1-2H3. The van der Waals surface area contributed by atoms with Gasteiger partial charge in [-0.15, -0.1) is 0 Å². The third-order valence-electron chi connectivity index (χ3n) is 2.64. The second-order valence-corrected chi connectivity index (χ2v) is 3.80. The van der Waals surface area contributed by atoms with Gasteiger partial charge < -0.3 is 14.9 Å². The summed E-state index contributed by atoms with van der Waals surface area (Å²) in [7, 11) is 0. The molecule has 0 aliphatic heterocycles. The molecule has 1 unspecified atom stereocenters. The van der Waals surface area contributed by atoms with Gasteiger partial charge in [-0.3, -0.25) is 4.98 Å². The average molecular weight is 232 g/mol. The smallest absolute Gasteiger partial charge is 0.137 e. The molecular formula is C13H16N2O2. The number of nitrogens with two attached hydrogens (primary N) is 1. The minimum Gasteiger partial charge on any atom is -0.492 e. The number of aromatic nitrogens is 1. The molecule has 90 valence electrons. The normalized spacial score (nSPS) is 12.4. The molecule has 2 aromatic heterocycles. The van der Waals surface area contributed by atoms with E-state index in [0.717, 1.165) is 22.6 Å². The lowest BCUT2D eigenvalue weighted by Gasteiger charge is -2.12. The highest BCUT2D eigenvalue weighted by Gasteiger charge is 2.14. The highest BCUT2D eigenvalue weighted by Crippen LogP contribution is 2.25.